The predicted octanol–water partition coefficient (Wildman–Crippen LogP) is 1.91. The number of piperidine rings is 1. The number of likely N-dealkylation sites (tertiary alicyclic amines) is 1. The van der Waals surface area contributed by atoms with Crippen LogP contribution in [-0.4, -0.2) is 34.4 Å². The highest BCUT2D eigenvalue weighted by atomic mass is 16.2. The van der Waals surface area contributed by atoms with Crippen LogP contribution in [0.3, 0.4) is 0 Å². The van der Waals surface area contributed by atoms with E-state index in [1.165, 1.54) is 0 Å². The lowest BCUT2D eigenvalue weighted by Gasteiger charge is -2.39. The average Bonchev–Trinajstić information content (AvgIpc) is 2.46. The second kappa shape index (κ2) is 6.15. The Hall–Kier alpha value is -1.42. The second-order valence-electron chi connectivity index (χ2n) is 5.46. The number of amides is 1. The number of nitrogens with two attached hydrogens (primary N) is 1. The molecule has 2 N–H and O–H groups in total. The third-order valence-electron chi connectivity index (χ3n) is 3.99. The van der Waals surface area contributed by atoms with Crippen molar-refractivity contribution in [2.45, 2.75) is 51.1 Å². The van der Waals surface area contributed by atoms with Gasteiger partial charge in [-0.05, 0) is 44.7 Å². The fourth-order valence-electron chi connectivity index (χ4n) is 2.80. The van der Waals surface area contributed by atoms with Crippen LogP contribution in [0.4, 0.5) is 0 Å². The van der Waals surface area contributed by atoms with Gasteiger partial charge in [-0.25, -0.2) is 0 Å². The van der Waals surface area contributed by atoms with Crippen molar-refractivity contribution in [2.75, 3.05) is 6.54 Å². The molecule has 0 aliphatic carbocycles. The van der Waals surface area contributed by atoms with Crippen LogP contribution in [0.15, 0.2) is 24.5 Å². The fourth-order valence-corrected chi connectivity index (χ4v) is 2.80. The Morgan fingerprint density at radius 3 is 2.89 bits per heavy atom. The van der Waals surface area contributed by atoms with Crippen LogP contribution in [0.25, 0.3) is 0 Å². The smallest absolute Gasteiger partial charge is 0.230 e. The number of nitrogens with zero attached hydrogens (tertiary/aromatic N) is 2. The molecule has 0 unspecified atom stereocenters. The summed E-state index contributed by atoms with van der Waals surface area (Å²) in [4.78, 5) is 18.7. The van der Waals surface area contributed by atoms with Gasteiger partial charge in [-0.3, -0.25) is 9.78 Å². The summed E-state index contributed by atoms with van der Waals surface area (Å²) >= 11 is 0. The highest BCUT2D eigenvalue weighted by Crippen LogP contribution is 2.24. The quantitative estimate of drug-likeness (QED) is 0.904. The monoisotopic (exact) mass is 261 g/mol. The largest absolute Gasteiger partial charge is 0.338 e. The molecule has 0 bridgehead atoms. The molecule has 1 aromatic heterocycles. The molecule has 4 heteroatoms. The molecule has 1 aliphatic rings. The average molecular weight is 261 g/mol. The second-order valence-corrected chi connectivity index (χ2v) is 5.46. The highest BCUT2D eigenvalue weighted by Gasteiger charge is 2.32. The number of carbonyl (C=O) groups excluding carboxylic acids is 1. The van der Waals surface area contributed by atoms with Crippen LogP contribution >= 0.6 is 0 Å². The molecule has 1 saturated heterocycles. The van der Waals surface area contributed by atoms with E-state index < -0.39 is 0 Å². The van der Waals surface area contributed by atoms with Crippen LogP contribution in [0.2, 0.25) is 0 Å². The molecular formula is C15H23N3O. The minimum absolute atomic E-state index is 0.0327. The van der Waals surface area contributed by atoms with E-state index >= 15 is 0 Å². The van der Waals surface area contributed by atoms with Crippen molar-refractivity contribution >= 4 is 5.91 Å². The Morgan fingerprint density at radius 2 is 2.26 bits per heavy atom. The van der Waals surface area contributed by atoms with Crippen molar-refractivity contribution in [1.82, 2.24) is 9.88 Å². The number of pyridine rings is 1. The van der Waals surface area contributed by atoms with Crippen LogP contribution in [0.5, 0.6) is 0 Å². The van der Waals surface area contributed by atoms with Crippen LogP contribution in [0.1, 0.15) is 44.6 Å². The topological polar surface area (TPSA) is 59.2 Å². The molecule has 0 aromatic carbocycles. The van der Waals surface area contributed by atoms with Crippen LogP contribution in [-0.2, 0) is 4.79 Å². The normalized spacial score (nSPS) is 22.9. The first kappa shape index (κ1) is 14.0. The molecule has 1 aromatic rings. The zero-order valence-corrected chi connectivity index (χ0v) is 11.7. The summed E-state index contributed by atoms with van der Waals surface area (Å²) in [6.45, 7) is 4.77. The Balaban J connectivity index is 2.13. The lowest BCUT2D eigenvalue weighted by molar-refractivity contribution is -0.136. The van der Waals surface area contributed by atoms with Gasteiger partial charge in [-0.1, -0.05) is 6.07 Å². The maximum atomic E-state index is 12.7. The molecule has 2 rings (SSSR count). The first-order valence-electron chi connectivity index (χ1n) is 7.07. The zero-order chi connectivity index (χ0) is 13.8. The minimum atomic E-state index is -0.145. The third kappa shape index (κ3) is 3.13. The van der Waals surface area contributed by atoms with Gasteiger partial charge < -0.3 is 10.6 Å². The molecule has 2 heterocycles. The molecule has 1 fully saturated rings. The van der Waals surface area contributed by atoms with E-state index in [9.17, 15) is 4.79 Å². The van der Waals surface area contributed by atoms with Crippen molar-refractivity contribution in [3.05, 3.63) is 30.1 Å². The predicted molar refractivity (Wildman–Crippen MR) is 75.7 cm³/mol. The summed E-state index contributed by atoms with van der Waals surface area (Å²) in [7, 11) is 0. The Bertz CT molecular complexity index is 419. The van der Waals surface area contributed by atoms with E-state index in [4.69, 9.17) is 5.73 Å². The maximum Gasteiger partial charge on any atom is 0.230 e. The van der Waals surface area contributed by atoms with Crippen molar-refractivity contribution in [1.29, 1.82) is 0 Å². The van der Waals surface area contributed by atoms with Gasteiger partial charge in [-0.2, -0.15) is 0 Å². The van der Waals surface area contributed by atoms with Crippen molar-refractivity contribution in [3.8, 4) is 0 Å². The first-order chi connectivity index (χ1) is 9.11. The molecule has 1 aliphatic heterocycles. The molecule has 19 heavy (non-hydrogen) atoms. The molecule has 0 saturated carbocycles. The third-order valence-corrected chi connectivity index (χ3v) is 3.99. The molecule has 0 spiro atoms. The molecular weight excluding hydrogens is 238 g/mol. The van der Waals surface area contributed by atoms with Gasteiger partial charge >= 0.3 is 0 Å². The van der Waals surface area contributed by atoms with Crippen molar-refractivity contribution in [2.24, 2.45) is 5.73 Å². The fraction of sp³-hybridized carbons (Fsp3) is 0.600. The number of aromatic nitrogens is 1. The zero-order valence-electron chi connectivity index (χ0n) is 11.7. The van der Waals surface area contributed by atoms with Gasteiger partial charge in [0.1, 0.15) is 0 Å². The summed E-state index contributed by atoms with van der Waals surface area (Å²) < 4.78 is 0. The lowest BCUT2D eigenvalue weighted by atomic mass is 9.93. The number of hydrogen-bond acceptors (Lipinski definition) is 3. The van der Waals surface area contributed by atoms with E-state index in [1.54, 1.807) is 12.4 Å². The standard InChI is InChI=1S/C15H23N3O/c1-11(13-6-5-8-17-10-13)15(19)18-9-4-3-7-14(18)12(2)16/h5-6,8,10-12,14H,3-4,7,9,16H2,1-2H3/t11-,12-,14-/m0/s1. The first-order valence-corrected chi connectivity index (χ1v) is 7.07. The molecule has 3 atom stereocenters. The Labute approximate surface area is 115 Å². The van der Waals surface area contributed by atoms with E-state index in [0.29, 0.717) is 0 Å². The van der Waals surface area contributed by atoms with Gasteiger partial charge in [-0.15, -0.1) is 0 Å². The number of rotatable bonds is 3. The highest BCUT2D eigenvalue weighted by molar-refractivity contribution is 5.83. The van der Waals surface area contributed by atoms with Crippen molar-refractivity contribution < 1.29 is 4.79 Å². The molecule has 1 amide bonds. The molecule has 104 valence electrons. The molecule has 4 nitrogen and oxygen atoms in total. The van der Waals surface area contributed by atoms with Crippen molar-refractivity contribution in [3.63, 3.8) is 0 Å². The summed E-state index contributed by atoms with van der Waals surface area (Å²) in [5.74, 6) is 0.0306. The Morgan fingerprint density at radius 1 is 1.47 bits per heavy atom. The van der Waals surface area contributed by atoms with E-state index in [0.717, 1.165) is 31.4 Å². The lowest BCUT2D eigenvalue weighted by Crippen LogP contribution is -2.52. The number of carbonyl (C=O) groups is 1. The van der Waals surface area contributed by atoms with Gasteiger partial charge in [0.2, 0.25) is 5.91 Å². The SMILES string of the molecule is C[C@H](C(=O)N1CCCC[C@H]1[C@H](C)N)c1cccnc1. The summed E-state index contributed by atoms with van der Waals surface area (Å²) in [6.07, 6.45) is 6.76. The minimum Gasteiger partial charge on any atom is -0.338 e. The van der Waals surface area contributed by atoms with E-state index in [1.807, 2.05) is 30.9 Å². The Kier molecular flexibility index (Phi) is 4.53. The van der Waals surface area contributed by atoms with Crippen LogP contribution < -0.4 is 5.73 Å². The summed E-state index contributed by atoms with van der Waals surface area (Å²) in [5.41, 5.74) is 7.00. The summed E-state index contributed by atoms with van der Waals surface area (Å²) in [5, 5.41) is 0. The van der Waals surface area contributed by atoms with Gasteiger partial charge in [0, 0.05) is 31.0 Å². The van der Waals surface area contributed by atoms with E-state index in [-0.39, 0.29) is 23.9 Å². The van der Waals surface area contributed by atoms with Gasteiger partial charge in [0.15, 0.2) is 0 Å². The molecule has 0 radical (unpaired) electrons. The van der Waals surface area contributed by atoms with Gasteiger partial charge in [0.25, 0.3) is 0 Å². The van der Waals surface area contributed by atoms with Crippen LogP contribution in [0, 0.1) is 0 Å². The van der Waals surface area contributed by atoms with Gasteiger partial charge in [0.05, 0.1) is 5.92 Å². The summed E-state index contributed by atoms with van der Waals surface area (Å²) in [6, 6.07) is 4.05. The number of hydrogen-bond donors (Lipinski definition) is 1. The van der Waals surface area contributed by atoms with E-state index in [2.05, 4.69) is 4.98 Å². The maximum absolute atomic E-state index is 12.7.